The highest BCUT2D eigenvalue weighted by molar-refractivity contribution is 7.20. The predicted octanol–water partition coefficient (Wildman–Crippen LogP) is 2.41. The summed E-state index contributed by atoms with van der Waals surface area (Å²) in [5, 5.41) is 24.0. The van der Waals surface area contributed by atoms with Gasteiger partial charge < -0.3 is 10.0 Å². The maximum atomic E-state index is 10.0. The van der Waals surface area contributed by atoms with Crippen molar-refractivity contribution in [2.24, 2.45) is 0 Å². The van der Waals surface area contributed by atoms with Gasteiger partial charge in [-0.05, 0) is 37.3 Å². The average molecular weight is 461 g/mol. The highest BCUT2D eigenvalue weighted by atomic mass is 28.3. The van der Waals surface area contributed by atoms with Gasteiger partial charge in [0.25, 0.3) is 0 Å². The van der Waals surface area contributed by atoms with Crippen molar-refractivity contribution >= 4 is 41.4 Å². The first kappa shape index (κ1) is 16.8. The Balaban J connectivity index is 1.89. The third kappa shape index (κ3) is 4.04. The van der Waals surface area contributed by atoms with Crippen LogP contribution in [0.4, 0.5) is 0 Å². The maximum absolute atomic E-state index is 10.0. The van der Waals surface area contributed by atoms with E-state index in [1.807, 2.05) is 72.8 Å². The number of hydrogen-bond acceptors (Lipinski definition) is 2. The van der Waals surface area contributed by atoms with E-state index in [4.69, 9.17) is 6.85 Å². The van der Waals surface area contributed by atoms with Gasteiger partial charge in [-0.15, -0.1) is 0 Å². The molecule has 0 aromatic heterocycles. The molecule has 0 saturated carbocycles. The van der Waals surface area contributed by atoms with Crippen molar-refractivity contribution < 1.29 is 16.9 Å². The summed E-state index contributed by atoms with van der Waals surface area (Å²) >= 11 is 0. The number of benzene rings is 5. The first-order chi connectivity index (χ1) is 18.8. The summed E-state index contributed by atoms with van der Waals surface area (Å²) in [5.74, 6) is 0. The van der Waals surface area contributed by atoms with Gasteiger partial charge in [-0.3, -0.25) is 0 Å². The second-order valence-corrected chi connectivity index (χ2v) is 11.9. The highest BCUT2D eigenvalue weighted by Crippen LogP contribution is 2.19. The van der Waals surface area contributed by atoms with Crippen molar-refractivity contribution in [3.05, 3.63) is 139 Å². The molecular formula is C30H25BO2Si. The standard InChI is InChI=1S/C30H25BO2Si/c32-31(33)26-15-11-21-30(23-26)34(27-16-6-2-7-17-27,28-18-8-3-9-19-28)29-20-10-14-25(22-29)24-12-4-1-5-13-24/h1-23,32-33H/i1D,4D,5D,12D,13D. The van der Waals surface area contributed by atoms with E-state index >= 15 is 0 Å². The minimum Gasteiger partial charge on any atom is -0.423 e. The van der Waals surface area contributed by atoms with Crippen LogP contribution in [0, 0.1) is 0 Å². The predicted molar refractivity (Wildman–Crippen MR) is 145 cm³/mol. The second kappa shape index (κ2) is 9.66. The van der Waals surface area contributed by atoms with Crippen molar-refractivity contribution in [1.82, 2.24) is 0 Å². The van der Waals surface area contributed by atoms with E-state index in [0.29, 0.717) is 11.0 Å². The van der Waals surface area contributed by atoms with Crippen LogP contribution in [-0.4, -0.2) is 25.2 Å². The molecule has 0 saturated heterocycles. The summed E-state index contributed by atoms with van der Waals surface area (Å²) in [6.07, 6.45) is 0. The molecule has 2 N–H and O–H groups in total. The number of hydrogen-bond donors (Lipinski definition) is 2. The normalized spacial score (nSPS) is 13.3. The molecule has 5 rings (SSSR count). The van der Waals surface area contributed by atoms with Crippen molar-refractivity contribution in [3.63, 3.8) is 0 Å². The van der Waals surface area contributed by atoms with Crippen LogP contribution in [-0.2, 0) is 0 Å². The van der Waals surface area contributed by atoms with Crippen molar-refractivity contribution in [1.29, 1.82) is 0 Å². The summed E-state index contributed by atoms with van der Waals surface area (Å²) in [6.45, 7) is 0. The van der Waals surface area contributed by atoms with Crippen molar-refractivity contribution in [2.75, 3.05) is 0 Å². The van der Waals surface area contributed by atoms with E-state index in [0.717, 1.165) is 20.7 Å². The van der Waals surface area contributed by atoms with E-state index in [2.05, 4.69) is 24.3 Å². The largest absolute Gasteiger partial charge is 0.488 e. The maximum Gasteiger partial charge on any atom is 0.488 e. The van der Waals surface area contributed by atoms with Gasteiger partial charge >= 0.3 is 7.12 Å². The lowest BCUT2D eigenvalue weighted by Gasteiger charge is -2.35. The summed E-state index contributed by atoms with van der Waals surface area (Å²) in [6, 6.07) is 33.2. The zero-order valence-corrected chi connectivity index (χ0v) is 19.4. The van der Waals surface area contributed by atoms with E-state index in [1.54, 1.807) is 12.1 Å². The molecule has 0 amide bonds. The highest BCUT2D eigenvalue weighted by Gasteiger charge is 2.41. The van der Waals surface area contributed by atoms with E-state index in [9.17, 15) is 10.0 Å². The van der Waals surface area contributed by atoms with Crippen LogP contribution in [0.25, 0.3) is 11.1 Å². The fraction of sp³-hybridized carbons (Fsp3) is 0. The Labute approximate surface area is 209 Å². The van der Waals surface area contributed by atoms with Crippen LogP contribution < -0.4 is 26.2 Å². The molecule has 2 nitrogen and oxygen atoms in total. The Bertz CT molecular complexity index is 1580. The van der Waals surface area contributed by atoms with Crippen LogP contribution in [0.3, 0.4) is 0 Å². The van der Waals surface area contributed by atoms with Gasteiger partial charge in [0.2, 0.25) is 0 Å². The van der Waals surface area contributed by atoms with Gasteiger partial charge in [-0.25, -0.2) is 0 Å². The third-order valence-corrected chi connectivity index (χ3v) is 10.9. The molecule has 5 aromatic carbocycles. The van der Waals surface area contributed by atoms with Crippen molar-refractivity contribution in [2.45, 2.75) is 0 Å². The summed E-state index contributed by atoms with van der Waals surface area (Å²) in [4.78, 5) is 0. The second-order valence-electron chi connectivity index (χ2n) is 8.06. The molecule has 0 fully saturated rings. The number of rotatable bonds is 6. The molecule has 0 aliphatic heterocycles. The summed E-state index contributed by atoms with van der Waals surface area (Å²) in [5.41, 5.74) is 1.04. The molecule has 0 spiro atoms. The summed E-state index contributed by atoms with van der Waals surface area (Å²) < 4.78 is 41.5. The van der Waals surface area contributed by atoms with Crippen LogP contribution >= 0.6 is 0 Å². The zero-order valence-electron chi connectivity index (χ0n) is 23.4. The zero-order chi connectivity index (χ0) is 27.7. The van der Waals surface area contributed by atoms with E-state index < -0.39 is 21.2 Å². The third-order valence-electron chi connectivity index (χ3n) is 6.12. The Morgan fingerprint density at radius 1 is 0.529 bits per heavy atom. The first-order valence-electron chi connectivity index (χ1n) is 13.5. The molecule has 4 heteroatoms. The molecule has 5 aromatic rings. The summed E-state index contributed by atoms with van der Waals surface area (Å²) in [7, 11) is -4.73. The lowest BCUT2D eigenvalue weighted by atomic mass is 9.80. The van der Waals surface area contributed by atoms with E-state index in [1.165, 1.54) is 0 Å². The quantitative estimate of drug-likeness (QED) is 0.301. The minimum atomic E-state index is -3.09. The molecule has 164 valence electrons. The fourth-order valence-corrected chi connectivity index (χ4v) is 9.44. The van der Waals surface area contributed by atoms with Gasteiger partial charge in [0.15, 0.2) is 8.07 Å². The Morgan fingerprint density at radius 3 is 1.65 bits per heavy atom. The fourth-order valence-electron chi connectivity index (χ4n) is 4.61. The molecule has 0 aliphatic carbocycles. The molecule has 0 bridgehead atoms. The Kier molecular flexibility index (Phi) is 4.78. The van der Waals surface area contributed by atoms with Crippen molar-refractivity contribution in [3.8, 4) is 11.1 Å². The molecule has 34 heavy (non-hydrogen) atoms. The minimum absolute atomic E-state index is 0.145. The van der Waals surface area contributed by atoms with Crippen LogP contribution in [0.2, 0.25) is 0 Å². The average Bonchev–Trinajstić information content (AvgIpc) is 2.97. The van der Waals surface area contributed by atoms with Gasteiger partial charge in [0.1, 0.15) is 0 Å². The van der Waals surface area contributed by atoms with Gasteiger partial charge in [-0.2, -0.15) is 0 Å². The molecular weight excluding hydrogens is 431 g/mol. The first-order valence-corrected chi connectivity index (χ1v) is 13.0. The SMILES string of the molecule is [2H]c1c([2H])c([2H])c(-c2cccc([Si](c3ccccc3)(c3ccccc3)c3cccc(B(O)O)c3)c2)c([2H])c1[2H]. The Morgan fingerprint density at radius 2 is 1.06 bits per heavy atom. The lowest BCUT2D eigenvalue weighted by Crippen LogP contribution is -2.75. The lowest BCUT2D eigenvalue weighted by molar-refractivity contribution is 0.426. The molecule has 0 unspecified atom stereocenters. The Hall–Kier alpha value is -3.70. The van der Waals surface area contributed by atoms with E-state index in [-0.39, 0.29) is 29.7 Å². The van der Waals surface area contributed by atoms with Gasteiger partial charge in [-0.1, -0.05) is 139 Å². The van der Waals surface area contributed by atoms with Gasteiger partial charge in [0.05, 0.1) is 6.85 Å². The van der Waals surface area contributed by atoms with Crippen LogP contribution in [0.15, 0.2) is 139 Å². The topological polar surface area (TPSA) is 40.5 Å². The monoisotopic (exact) mass is 461 g/mol. The van der Waals surface area contributed by atoms with Gasteiger partial charge in [0, 0.05) is 0 Å². The molecule has 0 aliphatic rings. The molecule has 0 radical (unpaired) electrons. The van der Waals surface area contributed by atoms with Crippen LogP contribution in [0.5, 0.6) is 0 Å². The smallest absolute Gasteiger partial charge is 0.423 e. The molecule has 0 heterocycles. The van der Waals surface area contributed by atoms with Crippen LogP contribution in [0.1, 0.15) is 6.85 Å². The molecule has 0 atom stereocenters.